The number of nitrogens with zero attached hydrogens (tertiary/aromatic N) is 1. The molecule has 0 aromatic rings. The second kappa shape index (κ2) is 15.0. The molecule has 2 aliphatic carbocycles. The van der Waals surface area contributed by atoms with E-state index in [1.165, 1.54) is 13.8 Å². The second-order valence-corrected chi connectivity index (χ2v) is 13.2. The lowest BCUT2D eigenvalue weighted by atomic mass is 9.74. The Labute approximate surface area is 240 Å². The van der Waals surface area contributed by atoms with Crippen LogP contribution in [0.2, 0.25) is 0 Å². The smallest absolute Gasteiger partial charge is 0.332 e. The number of carbonyl (C=O) groups excluding carboxylic acids is 4. The first-order valence-corrected chi connectivity index (χ1v) is 15.1. The molecule has 40 heavy (non-hydrogen) atoms. The lowest BCUT2D eigenvalue weighted by molar-refractivity contribution is -0.165. The van der Waals surface area contributed by atoms with E-state index in [-0.39, 0.29) is 41.5 Å². The van der Waals surface area contributed by atoms with Crippen molar-refractivity contribution in [2.75, 3.05) is 0 Å². The molecule has 0 aromatic carbocycles. The van der Waals surface area contributed by atoms with Crippen molar-refractivity contribution in [3.8, 4) is 0 Å². The molecule has 0 saturated heterocycles. The highest BCUT2D eigenvalue weighted by atomic mass is 16.5. The number of esters is 1. The lowest BCUT2D eigenvalue weighted by Crippen LogP contribution is -2.46. The fourth-order valence-electron chi connectivity index (χ4n) is 6.87. The number of hydrogen-bond donors (Lipinski definition) is 2. The Balaban J connectivity index is 2.41. The Morgan fingerprint density at radius 1 is 0.750 bits per heavy atom. The first kappa shape index (κ1) is 33.8. The number of ketones is 2. The molecule has 0 bridgehead atoms. The van der Waals surface area contributed by atoms with E-state index in [1.54, 1.807) is 6.92 Å². The molecule has 2 aliphatic rings. The molecule has 2 saturated carbocycles. The molecular weight excluding hydrogens is 510 g/mol. The molecule has 3 N–H and O–H groups in total. The molecule has 0 spiro atoms. The zero-order chi connectivity index (χ0) is 30.3. The molecule has 2 amide bonds. The van der Waals surface area contributed by atoms with Crippen LogP contribution in [-0.2, 0) is 23.9 Å². The number of rotatable bonds is 11. The number of nitrogens with one attached hydrogen (secondary N) is 1. The maximum absolute atomic E-state index is 13.6. The molecule has 0 aromatic heterocycles. The van der Waals surface area contributed by atoms with E-state index in [1.807, 2.05) is 0 Å². The SMILES string of the molecule is CC(=O)[C@@H](C(=O)O[C@@H]1C[C@H](C)CC[C@@H]1C(C)C)[C@H](C)[C@@H](C(C)=O)/C(=N\NC(N)=O)O[C@@H]1C[C@@H](C)CC[C@H]1C(C)C. The van der Waals surface area contributed by atoms with Gasteiger partial charge in [0, 0.05) is 0 Å². The van der Waals surface area contributed by atoms with Crippen LogP contribution < -0.4 is 11.2 Å². The summed E-state index contributed by atoms with van der Waals surface area (Å²) >= 11 is 0. The number of hydrogen-bond acceptors (Lipinski definition) is 7. The van der Waals surface area contributed by atoms with E-state index in [0.29, 0.717) is 23.7 Å². The van der Waals surface area contributed by atoms with Crippen LogP contribution in [0.15, 0.2) is 5.10 Å². The number of urea groups is 1. The summed E-state index contributed by atoms with van der Waals surface area (Å²) in [7, 11) is 0. The van der Waals surface area contributed by atoms with Gasteiger partial charge in [-0.15, -0.1) is 5.10 Å². The Morgan fingerprint density at radius 2 is 1.20 bits per heavy atom. The highest BCUT2D eigenvalue weighted by Gasteiger charge is 2.44. The minimum atomic E-state index is -1.19. The van der Waals surface area contributed by atoms with Gasteiger partial charge in [-0.3, -0.25) is 14.4 Å². The fraction of sp³-hybridized carbons (Fsp3) is 0.839. The van der Waals surface area contributed by atoms with Gasteiger partial charge in [-0.05, 0) is 81.0 Å². The average molecular weight is 564 g/mol. The third kappa shape index (κ3) is 9.03. The number of ether oxygens (including phenoxy) is 2. The van der Waals surface area contributed by atoms with Crippen molar-refractivity contribution in [2.24, 2.45) is 64.1 Å². The van der Waals surface area contributed by atoms with Crippen LogP contribution in [0.4, 0.5) is 4.79 Å². The quantitative estimate of drug-likeness (QED) is 0.112. The van der Waals surface area contributed by atoms with Gasteiger partial charge in [0.1, 0.15) is 29.7 Å². The van der Waals surface area contributed by atoms with Crippen molar-refractivity contribution < 1.29 is 28.7 Å². The Kier molecular flexibility index (Phi) is 12.6. The minimum absolute atomic E-state index is 0.0195. The molecule has 0 heterocycles. The molecule has 2 fully saturated rings. The molecule has 9 atom stereocenters. The molecule has 0 aliphatic heterocycles. The monoisotopic (exact) mass is 563 g/mol. The maximum Gasteiger partial charge on any atom is 0.332 e. The Morgan fingerprint density at radius 3 is 1.60 bits per heavy atom. The summed E-state index contributed by atoms with van der Waals surface area (Å²) in [5.41, 5.74) is 7.52. The maximum atomic E-state index is 13.6. The topological polar surface area (TPSA) is 137 Å². The first-order chi connectivity index (χ1) is 18.6. The predicted octanol–water partition coefficient (Wildman–Crippen LogP) is 5.50. The third-order valence-corrected chi connectivity index (χ3v) is 9.19. The van der Waals surface area contributed by atoms with Crippen LogP contribution in [0, 0.1) is 53.3 Å². The summed E-state index contributed by atoms with van der Waals surface area (Å²) in [4.78, 5) is 51.3. The molecule has 0 unspecified atom stereocenters. The molecule has 9 heteroatoms. The summed E-state index contributed by atoms with van der Waals surface area (Å²) in [6, 6.07) is -0.901. The molecule has 0 radical (unpaired) electrons. The number of hydrazone groups is 1. The predicted molar refractivity (Wildman–Crippen MR) is 155 cm³/mol. The summed E-state index contributed by atoms with van der Waals surface area (Å²) in [6.45, 7) is 17.2. The van der Waals surface area contributed by atoms with Crippen molar-refractivity contribution in [3.05, 3.63) is 0 Å². The van der Waals surface area contributed by atoms with Crippen LogP contribution in [0.1, 0.15) is 101 Å². The van der Waals surface area contributed by atoms with Gasteiger partial charge in [-0.25, -0.2) is 10.2 Å². The van der Waals surface area contributed by atoms with Crippen molar-refractivity contribution in [2.45, 2.75) is 113 Å². The standard InChI is InChI=1S/C31H53N3O6/c1-16(2)23-12-10-18(5)14-25(23)39-29(33-34-31(32)38)27(21(8)35)20(7)28(22(9)36)30(37)40-26-15-19(6)11-13-24(26)17(3)4/h16-20,23-28H,10-15H2,1-9H3,(H3,32,34,38)/b33-29+/t18-,19+,20+,23-,24+,25+,26+,27-,28-/m0/s1. The summed E-state index contributed by atoms with van der Waals surface area (Å²) in [6.07, 6.45) is 5.10. The van der Waals surface area contributed by atoms with Crippen LogP contribution >= 0.6 is 0 Å². The number of Topliss-reactive ketones (excluding diaryl/α,β-unsaturated/α-hetero) is 2. The number of nitrogens with two attached hydrogens (primary N) is 1. The number of carbonyl (C=O) groups is 4. The summed E-state index contributed by atoms with van der Waals surface area (Å²) < 4.78 is 12.5. The minimum Gasteiger partial charge on any atom is -0.476 e. The zero-order valence-corrected chi connectivity index (χ0v) is 26.1. The summed E-state index contributed by atoms with van der Waals surface area (Å²) in [5, 5.41) is 4.13. The van der Waals surface area contributed by atoms with E-state index in [2.05, 4.69) is 52.1 Å². The van der Waals surface area contributed by atoms with Crippen molar-refractivity contribution in [1.82, 2.24) is 5.43 Å². The normalized spacial score (nSPS) is 29.8. The van der Waals surface area contributed by atoms with E-state index in [9.17, 15) is 19.2 Å². The van der Waals surface area contributed by atoms with E-state index in [0.717, 1.165) is 38.5 Å². The van der Waals surface area contributed by atoms with Crippen LogP contribution in [0.25, 0.3) is 0 Å². The van der Waals surface area contributed by atoms with Crippen LogP contribution in [0.5, 0.6) is 0 Å². The van der Waals surface area contributed by atoms with Crippen molar-refractivity contribution in [3.63, 3.8) is 0 Å². The Bertz CT molecular complexity index is 932. The van der Waals surface area contributed by atoms with Crippen molar-refractivity contribution >= 4 is 29.5 Å². The molecule has 2 rings (SSSR count). The molecule has 9 nitrogen and oxygen atoms in total. The first-order valence-electron chi connectivity index (χ1n) is 15.1. The lowest BCUT2D eigenvalue weighted by Gasteiger charge is -2.39. The number of amides is 2. The van der Waals surface area contributed by atoms with Crippen molar-refractivity contribution in [1.29, 1.82) is 0 Å². The zero-order valence-electron chi connectivity index (χ0n) is 26.1. The van der Waals surface area contributed by atoms with Gasteiger partial charge in [0.15, 0.2) is 0 Å². The Hall–Kier alpha value is -2.45. The third-order valence-electron chi connectivity index (χ3n) is 9.19. The largest absolute Gasteiger partial charge is 0.476 e. The van der Waals surface area contributed by atoms with Gasteiger partial charge < -0.3 is 15.2 Å². The molecular formula is C31H53N3O6. The summed E-state index contributed by atoms with van der Waals surface area (Å²) in [5.74, 6) is -2.44. The van der Waals surface area contributed by atoms with Gasteiger partial charge in [-0.1, -0.05) is 61.3 Å². The highest BCUT2D eigenvalue weighted by molar-refractivity contribution is 6.04. The number of primary amides is 1. The molecule has 228 valence electrons. The second-order valence-electron chi connectivity index (χ2n) is 13.2. The van der Waals surface area contributed by atoms with Gasteiger partial charge in [0.05, 0.1) is 5.92 Å². The van der Waals surface area contributed by atoms with E-state index < -0.39 is 29.8 Å². The fourth-order valence-corrected chi connectivity index (χ4v) is 6.87. The van der Waals surface area contributed by atoms with Gasteiger partial charge >= 0.3 is 12.0 Å². The van der Waals surface area contributed by atoms with Crippen LogP contribution in [0.3, 0.4) is 0 Å². The van der Waals surface area contributed by atoms with E-state index >= 15 is 0 Å². The van der Waals surface area contributed by atoms with Gasteiger partial charge in [0.2, 0.25) is 5.90 Å². The average Bonchev–Trinajstić information content (AvgIpc) is 2.81. The van der Waals surface area contributed by atoms with Gasteiger partial charge in [0.25, 0.3) is 0 Å². The highest BCUT2D eigenvalue weighted by Crippen LogP contribution is 2.38. The van der Waals surface area contributed by atoms with E-state index in [4.69, 9.17) is 15.2 Å². The van der Waals surface area contributed by atoms with Crippen LogP contribution in [-0.4, -0.2) is 41.7 Å². The van der Waals surface area contributed by atoms with Gasteiger partial charge in [-0.2, -0.15) is 0 Å².